The predicted molar refractivity (Wildman–Crippen MR) is 143 cm³/mol. The molecular formula is C31H46O7. The van der Waals surface area contributed by atoms with Crippen LogP contribution in [0.25, 0.3) is 0 Å². The number of aliphatic hydroxyl groups is 2. The van der Waals surface area contributed by atoms with Crippen molar-refractivity contribution in [1.29, 1.82) is 0 Å². The zero-order valence-corrected chi connectivity index (χ0v) is 23.8. The molecule has 0 bridgehead atoms. The van der Waals surface area contributed by atoms with Gasteiger partial charge in [0.25, 0.3) is 0 Å². The fourth-order valence-corrected chi connectivity index (χ4v) is 7.94. The van der Waals surface area contributed by atoms with Crippen LogP contribution in [0.4, 0.5) is 0 Å². The summed E-state index contributed by atoms with van der Waals surface area (Å²) in [6.45, 7) is 9.75. The molecule has 4 aliphatic carbocycles. The summed E-state index contributed by atoms with van der Waals surface area (Å²) in [5, 5.41) is 21.9. The van der Waals surface area contributed by atoms with Crippen LogP contribution in [0.1, 0.15) is 98.8 Å². The summed E-state index contributed by atoms with van der Waals surface area (Å²) in [7, 11) is 0. The van der Waals surface area contributed by atoms with E-state index in [1.165, 1.54) is 0 Å². The number of allylic oxidation sites excluding steroid dienone is 1. The van der Waals surface area contributed by atoms with Crippen LogP contribution in [0.5, 0.6) is 0 Å². The van der Waals surface area contributed by atoms with Crippen LogP contribution in [0.3, 0.4) is 0 Å². The molecule has 0 saturated heterocycles. The Morgan fingerprint density at radius 1 is 1.03 bits per heavy atom. The average Bonchev–Trinajstić information content (AvgIpc) is 3.32. The molecule has 0 amide bonds. The van der Waals surface area contributed by atoms with Gasteiger partial charge in [0.2, 0.25) is 0 Å². The Hall–Kier alpha value is -1.99. The zero-order valence-electron chi connectivity index (χ0n) is 23.8. The molecule has 2 N–H and O–H groups in total. The first-order valence-corrected chi connectivity index (χ1v) is 14.6. The molecule has 0 aromatic rings. The topological polar surface area (TPSA) is 110 Å². The van der Waals surface area contributed by atoms with Crippen molar-refractivity contribution < 1.29 is 34.1 Å². The Balaban J connectivity index is 1.72. The van der Waals surface area contributed by atoms with Crippen molar-refractivity contribution in [2.24, 2.45) is 29.1 Å². The fraction of sp³-hybridized carbons (Fsp3) is 0.774. The van der Waals surface area contributed by atoms with Crippen molar-refractivity contribution in [3.05, 3.63) is 23.3 Å². The third-order valence-corrected chi connectivity index (χ3v) is 9.85. The van der Waals surface area contributed by atoms with Crippen LogP contribution in [0.2, 0.25) is 0 Å². The molecule has 0 aromatic heterocycles. The van der Waals surface area contributed by atoms with E-state index in [-0.39, 0.29) is 48.5 Å². The van der Waals surface area contributed by atoms with Crippen molar-refractivity contribution in [1.82, 2.24) is 0 Å². The van der Waals surface area contributed by atoms with E-state index in [2.05, 4.69) is 27.7 Å². The number of carbonyl (C=O) groups is 3. The van der Waals surface area contributed by atoms with Crippen LogP contribution in [-0.4, -0.2) is 51.8 Å². The van der Waals surface area contributed by atoms with Gasteiger partial charge >= 0.3 is 11.9 Å². The molecule has 38 heavy (non-hydrogen) atoms. The van der Waals surface area contributed by atoms with Gasteiger partial charge < -0.3 is 19.7 Å². The molecule has 0 heterocycles. The van der Waals surface area contributed by atoms with Gasteiger partial charge in [-0.25, -0.2) is 0 Å². The number of carbonyl (C=O) groups excluding carboxylic acids is 3. The number of fused-ring (bicyclic) bond motifs is 5. The number of rotatable bonds is 11. The maximum atomic E-state index is 13.1. The lowest BCUT2D eigenvalue weighted by Gasteiger charge is -2.43. The maximum Gasteiger partial charge on any atom is 0.306 e. The number of ketones is 1. The van der Waals surface area contributed by atoms with Crippen molar-refractivity contribution >= 4 is 17.7 Å². The Kier molecular flexibility index (Phi) is 8.30. The summed E-state index contributed by atoms with van der Waals surface area (Å²) >= 11 is 0. The minimum atomic E-state index is -1.62. The van der Waals surface area contributed by atoms with Crippen molar-refractivity contribution in [3.8, 4) is 0 Å². The van der Waals surface area contributed by atoms with E-state index >= 15 is 0 Å². The van der Waals surface area contributed by atoms with Crippen LogP contribution in [-0.2, 0) is 23.9 Å². The molecule has 4 rings (SSSR count). The van der Waals surface area contributed by atoms with Gasteiger partial charge in [-0.15, -0.1) is 0 Å². The zero-order chi connectivity index (χ0) is 27.9. The highest BCUT2D eigenvalue weighted by Gasteiger charge is 2.83. The number of unbranched alkanes of at least 4 members (excludes halogenated alkanes) is 4. The van der Waals surface area contributed by atoms with E-state index in [9.17, 15) is 24.6 Å². The number of esters is 2. The normalized spacial score (nSPS) is 36.7. The summed E-state index contributed by atoms with van der Waals surface area (Å²) in [6, 6.07) is 0. The van der Waals surface area contributed by atoms with Gasteiger partial charge in [0.15, 0.2) is 11.4 Å². The Morgan fingerprint density at radius 3 is 2.26 bits per heavy atom. The number of Topliss-reactive ketones (excluding diaryl/α,β-unsaturated/α-hetero) is 1. The van der Waals surface area contributed by atoms with Crippen LogP contribution in [0, 0.1) is 29.1 Å². The summed E-state index contributed by atoms with van der Waals surface area (Å²) < 4.78 is 12.5. The minimum absolute atomic E-state index is 0.0757. The van der Waals surface area contributed by atoms with Gasteiger partial charge in [-0.1, -0.05) is 65.5 Å². The van der Waals surface area contributed by atoms with Gasteiger partial charge in [-0.2, -0.15) is 0 Å². The molecule has 2 saturated carbocycles. The summed E-state index contributed by atoms with van der Waals surface area (Å²) in [5.74, 6) is -1.83. The van der Waals surface area contributed by atoms with E-state index < -0.39 is 28.6 Å². The highest BCUT2D eigenvalue weighted by molar-refractivity contribution is 6.04. The smallest absolute Gasteiger partial charge is 0.306 e. The SMILES string of the molecule is CCCCCC(=O)O[C@@H]1CC2[C@@H](C=C(CO)C[C@]3(O)C(=O)C(C)=C[C@@H]23)[C@@H]2C(C)(C)[C@@]21OC(=O)CCCCC. The van der Waals surface area contributed by atoms with Gasteiger partial charge in [-0.05, 0) is 49.2 Å². The standard InChI is InChI=1S/C31H46O7/c1-6-8-10-12-25(33)37-24-16-21-22(15-20(18-32)17-30(36)23(21)14-19(3)28(30)35)27-29(4,5)31(24,27)38-26(34)13-11-9-7-2/h14-15,21-24,27,32,36H,6-13,16-18H2,1-5H3/t21?,22-,23+,24-,27-,30-,31+/m1/s1. The molecular weight excluding hydrogens is 484 g/mol. The van der Waals surface area contributed by atoms with E-state index in [1.807, 2.05) is 12.2 Å². The van der Waals surface area contributed by atoms with Crippen molar-refractivity contribution in [2.75, 3.05) is 6.61 Å². The van der Waals surface area contributed by atoms with E-state index in [1.54, 1.807) is 6.92 Å². The first-order chi connectivity index (χ1) is 18.0. The molecule has 212 valence electrons. The largest absolute Gasteiger partial charge is 0.458 e. The molecule has 7 nitrogen and oxygen atoms in total. The van der Waals surface area contributed by atoms with Crippen molar-refractivity contribution in [2.45, 2.75) is 116 Å². The molecule has 2 fully saturated rings. The molecule has 0 aliphatic heterocycles. The van der Waals surface area contributed by atoms with Gasteiger partial charge in [0.1, 0.15) is 11.7 Å². The van der Waals surface area contributed by atoms with Gasteiger partial charge in [-0.3, -0.25) is 14.4 Å². The summed E-state index contributed by atoms with van der Waals surface area (Å²) in [6.07, 6.45) is 9.67. The van der Waals surface area contributed by atoms with E-state index in [0.29, 0.717) is 30.4 Å². The number of hydrogen-bond donors (Lipinski definition) is 2. The van der Waals surface area contributed by atoms with Crippen molar-refractivity contribution in [3.63, 3.8) is 0 Å². The summed E-state index contributed by atoms with van der Waals surface area (Å²) in [5.41, 5.74) is -1.93. The lowest BCUT2D eigenvalue weighted by atomic mass is 9.67. The third-order valence-electron chi connectivity index (χ3n) is 9.85. The second-order valence-electron chi connectivity index (χ2n) is 12.6. The molecule has 1 unspecified atom stereocenters. The number of hydrogen-bond acceptors (Lipinski definition) is 7. The van der Waals surface area contributed by atoms with E-state index in [0.717, 1.165) is 38.5 Å². The first-order valence-electron chi connectivity index (χ1n) is 14.6. The molecule has 7 atom stereocenters. The molecule has 0 radical (unpaired) electrons. The minimum Gasteiger partial charge on any atom is -0.458 e. The lowest BCUT2D eigenvalue weighted by Crippen LogP contribution is -2.51. The van der Waals surface area contributed by atoms with Gasteiger partial charge in [0, 0.05) is 36.5 Å². The quantitative estimate of drug-likeness (QED) is 0.224. The second kappa shape index (κ2) is 10.9. The average molecular weight is 531 g/mol. The highest BCUT2D eigenvalue weighted by Crippen LogP contribution is 2.75. The lowest BCUT2D eigenvalue weighted by molar-refractivity contribution is -0.185. The molecule has 4 aliphatic rings. The number of ether oxygens (including phenoxy) is 2. The summed E-state index contributed by atoms with van der Waals surface area (Å²) in [4.78, 5) is 39.2. The third kappa shape index (κ3) is 4.68. The Morgan fingerprint density at radius 2 is 1.66 bits per heavy atom. The maximum absolute atomic E-state index is 13.1. The first kappa shape index (κ1) is 29.0. The fourth-order valence-electron chi connectivity index (χ4n) is 7.94. The Bertz CT molecular complexity index is 1010. The van der Waals surface area contributed by atoms with Crippen LogP contribution >= 0.6 is 0 Å². The highest BCUT2D eigenvalue weighted by atomic mass is 16.6. The van der Waals surface area contributed by atoms with E-state index in [4.69, 9.17) is 9.47 Å². The van der Waals surface area contributed by atoms with Crippen LogP contribution in [0.15, 0.2) is 23.3 Å². The number of aliphatic hydroxyl groups excluding tert-OH is 1. The predicted octanol–water partition coefficient (Wildman–Crippen LogP) is 4.83. The monoisotopic (exact) mass is 530 g/mol. The van der Waals surface area contributed by atoms with Gasteiger partial charge in [0.05, 0.1) is 6.61 Å². The molecule has 0 aromatic carbocycles. The molecule has 7 heteroatoms. The molecule has 0 spiro atoms. The second-order valence-corrected chi connectivity index (χ2v) is 12.6. The Labute approximate surface area is 227 Å². The van der Waals surface area contributed by atoms with Crippen LogP contribution < -0.4 is 0 Å².